The lowest BCUT2D eigenvalue weighted by molar-refractivity contribution is -0.142. The smallest absolute Gasteiger partial charge is 0.306 e. The molecule has 6 heteroatoms. The number of nitrogens with one attached hydrogen (secondary N) is 2. The van der Waals surface area contributed by atoms with E-state index in [-0.39, 0.29) is 36.1 Å². The third-order valence-corrected chi connectivity index (χ3v) is 4.54. The summed E-state index contributed by atoms with van der Waals surface area (Å²) in [5.41, 5.74) is 0. The van der Waals surface area contributed by atoms with Crippen LogP contribution in [0.2, 0.25) is 0 Å². The Morgan fingerprint density at radius 3 is 2.29 bits per heavy atom. The number of amides is 2. The first-order valence-corrected chi connectivity index (χ1v) is 7.77. The first-order valence-electron chi connectivity index (χ1n) is 7.77. The number of carbonyl (C=O) groups is 3. The van der Waals surface area contributed by atoms with Gasteiger partial charge in [0.25, 0.3) is 0 Å². The number of carboxylic acid groups (broad SMARTS) is 1. The van der Waals surface area contributed by atoms with Crippen molar-refractivity contribution in [1.29, 1.82) is 0 Å². The fourth-order valence-corrected chi connectivity index (χ4v) is 2.90. The molecule has 2 aliphatic rings. The summed E-state index contributed by atoms with van der Waals surface area (Å²) in [4.78, 5) is 34.2. The number of hydrogen-bond acceptors (Lipinski definition) is 3. The highest BCUT2D eigenvalue weighted by atomic mass is 16.4. The summed E-state index contributed by atoms with van der Waals surface area (Å²) in [6, 6.07) is 0.0762. The van der Waals surface area contributed by atoms with Gasteiger partial charge in [-0.25, -0.2) is 0 Å². The van der Waals surface area contributed by atoms with Crippen molar-refractivity contribution in [1.82, 2.24) is 10.6 Å². The van der Waals surface area contributed by atoms with Gasteiger partial charge in [0.05, 0.1) is 5.92 Å². The van der Waals surface area contributed by atoms with Gasteiger partial charge >= 0.3 is 5.97 Å². The molecule has 0 spiro atoms. The van der Waals surface area contributed by atoms with E-state index in [1.807, 2.05) is 6.92 Å². The van der Waals surface area contributed by atoms with E-state index in [4.69, 9.17) is 5.11 Å². The first-order chi connectivity index (χ1) is 9.97. The average molecular weight is 296 g/mol. The second-order valence-corrected chi connectivity index (χ2v) is 6.31. The van der Waals surface area contributed by atoms with Gasteiger partial charge in [-0.05, 0) is 38.0 Å². The van der Waals surface area contributed by atoms with Gasteiger partial charge < -0.3 is 15.7 Å². The summed E-state index contributed by atoms with van der Waals surface area (Å²) in [6.45, 7) is 2.42. The van der Waals surface area contributed by atoms with Crippen LogP contribution in [0, 0.1) is 17.8 Å². The maximum atomic E-state index is 11.8. The monoisotopic (exact) mass is 296 g/mol. The predicted octanol–water partition coefficient (Wildman–Crippen LogP) is 0.908. The number of aliphatic carboxylic acids is 1. The van der Waals surface area contributed by atoms with Crippen LogP contribution >= 0.6 is 0 Å². The molecule has 2 atom stereocenters. The van der Waals surface area contributed by atoms with E-state index in [1.165, 1.54) is 0 Å². The molecule has 2 amide bonds. The standard InChI is InChI=1S/C15H24N2O4/c1-9-8-12(9)14(19)16-7-6-13(18)17-11-4-2-10(3-5-11)15(20)21/h9-12H,2-8H2,1H3,(H,16,19)(H,17,18)(H,20,21). The van der Waals surface area contributed by atoms with Crippen molar-refractivity contribution in [2.45, 2.75) is 51.5 Å². The van der Waals surface area contributed by atoms with Gasteiger partial charge in [-0.1, -0.05) is 6.92 Å². The van der Waals surface area contributed by atoms with Crippen molar-refractivity contribution in [2.75, 3.05) is 6.54 Å². The molecule has 0 heterocycles. The summed E-state index contributed by atoms with van der Waals surface area (Å²) >= 11 is 0. The van der Waals surface area contributed by atoms with Gasteiger partial charge in [-0.2, -0.15) is 0 Å². The molecule has 0 saturated heterocycles. The lowest BCUT2D eigenvalue weighted by atomic mass is 9.86. The van der Waals surface area contributed by atoms with Crippen molar-refractivity contribution < 1.29 is 19.5 Å². The van der Waals surface area contributed by atoms with E-state index in [1.54, 1.807) is 0 Å². The van der Waals surface area contributed by atoms with Crippen molar-refractivity contribution in [3.8, 4) is 0 Å². The molecule has 0 bridgehead atoms. The van der Waals surface area contributed by atoms with Crippen LogP contribution in [0.1, 0.15) is 45.4 Å². The molecule has 0 radical (unpaired) electrons. The Labute approximate surface area is 124 Å². The fraction of sp³-hybridized carbons (Fsp3) is 0.800. The van der Waals surface area contributed by atoms with Crippen molar-refractivity contribution in [2.24, 2.45) is 17.8 Å². The molecule has 2 fully saturated rings. The Bertz CT molecular complexity index is 416. The van der Waals surface area contributed by atoms with E-state index < -0.39 is 5.97 Å². The summed E-state index contributed by atoms with van der Waals surface area (Å²) < 4.78 is 0. The van der Waals surface area contributed by atoms with Gasteiger partial charge in [0.1, 0.15) is 0 Å². The summed E-state index contributed by atoms with van der Waals surface area (Å²) in [7, 11) is 0. The number of carbonyl (C=O) groups excluding carboxylic acids is 2. The van der Waals surface area contributed by atoms with Crippen LogP contribution in [0.4, 0.5) is 0 Å². The lowest BCUT2D eigenvalue weighted by Crippen LogP contribution is -2.40. The van der Waals surface area contributed by atoms with Gasteiger partial charge in [-0.15, -0.1) is 0 Å². The quantitative estimate of drug-likeness (QED) is 0.679. The zero-order valence-electron chi connectivity index (χ0n) is 12.4. The molecule has 2 unspecified atom stereocenters. The molecule has 2 rings (SSSR count). The molecular weight excluding hydrogens is 272 g/mol. The molecule has 0 aromatic carbocycles. The SMILES string of the molecule is CC1CC1C(=O)NCCC(=O)NC1CCC(C(=O)O)CC1. The van der Waals surface area contributed by atoms with Crippen LogP contribution < -0.4 is 10.6 Å². The second-order valence-electron chi connectivity index (χ2n) is 6.31. The molecule has 0 aliphatic heterocycles. The van der Waals surface area contributed by atoms with E-state index in [9.17, 15) is 14.4 Å². The number of rotatable bonds is 6. The zero-order valence-corrected chi connectivity index (χ0v) is 12.4. The minimum atomic E-state index is -0.739. The van der Waals surface area contributed by atoms with Gasteiger partial charge in [0, 0.05) is 24.9 Å². The molecule has 118 valence electrons. The fourth-order valence-electron chi connectivity index (χ4n) is 2.90. The largest absolute Gasteiger partial charge is 0.481 e. The third-order valence-electron chi connectivity index (χ3n) is 4.54. The Kier molecular flexibility index (Phi) is 5.20. The molecule has 6 nitrogen and oxygen atoms in total. The van der Waals surface area contributed by atoms with Crippen LogP contribution in [0.3, 0.4) is 0 Å². The van der Waals surface area contributed by atoms with Crippen LogP contribution in [0.25, 0.3) is 0 Å². The van der Waals surface area contributed by atoms with Gasteiger partial charge in [-0.3, -0.25) is 14.4 Å². The Morgan fingerprint density at radius 1 is 1.14 bits per heavy atom. The second kappa shape index (κ2) is 6.91. The maximum Gasteiger partial charge on any atom is 0.306 e. The summed E-state index contributed by atoms with van der Waals surface area (Å²) in [5, 5.41) is 14.6. The van der Waals surface area contributed by atoms with Crippen LogP contribution in [0.15, 0.2) is 0 Å². The molecule has 21 heavy (non-hydrogen) atoms. The van der Waals surface area contributed by atoms with Crippen LogP contribution in [-0.2, 0) is 14.4 Å². The number of hydrogen-bond donors (Lipinski definition) is 3. The average Bonchev–Trinajstić information content (AvgIpc) is 3.16. The lowest BCUT2D eigenvalue weighted by Gasteiger charge is -2.26. The Hall–Kier alpha value is -1.59. The maximum absolute atomic E-state index is 11.8. The number of carboxylic acids is 1. The highest BCUT2D eigenvalue weighted by Crippen LogP contribution is 2.37. The van der Waals surface area contributed by atoms with E-state index in [0.29, 0.717) is 38.1 Å². The Morgan fingerprint density at radius 2 is 1.76 bits per heavy atom. The molecule has 0 aromatic rings. The van der Waals surface area contributed by atoms with Crippen LogP contribution in [0.5, 0.6) is 0 Å². The van der Waals surface area contributed by atoms with E-state index in [0.717, 1.165) is 6.42 Å². The van der Waals surface area contributed by atoms with Crippen molar-refractivity contribution in [3.63, 3.8) is 0 Å². The van der Waals surface area contributed by atoms with Gasteiger partial charge in [0.2, 0.25) is 11.8 Å². The highest BCUT2D eigenvalue weighted by Gasteiger charge is 2.38. The van der Waals surface area contributed by atoms with E-state index in [2.05, 4.69) is 10.6 Å². The van der Waals surface area contributed by atoms with Crippen molar-refractivity contribution in [3.05, 3.63) is 0 Å². The summed E-state index contributed by atoms with van der Waals surface area (Å²) in [5.74, 6) is -0.410. The van der Waals surface area contributed by atoms with Gasteiger partial charge in [0.15, 0.2) is 0 Å². The Balaban J connectivity index is 1.57. The van der Waals surface area contributed by atoms with Crippen molar-refractivity contribution >= 4 is 17.8 Å². The zero-order chi connectivity index (χ0) is 15.4. The molecule has 3 N–H and O–H groups in total. The molecule has 2 saturated carbocycles. The predicted molar refractivity (Wildman–Crippen MR) is 76.4 cm³/mol. The minimum Gasteiger partial charge on any atom is -0.481 e. The third kappa shape index (κ3) is 4.72. The summed E-state index contributed by atoms with van der Waals surface area (Å²) in [6.07, 6.45) is 3.91. The first kappa shape index (κ1) is 15.8. The topological polar surface area (TPSA) is 95.5 Å². The van der Waals surface area contributed by atoms with Crippen LogP contribution in [-0.4, -0.2) is 35.5 Å². The normalized spacial score (nSPS) is 31.3. The minimum absolute atomic E-state index is 0.0530. The molecular formula is C15H24N2O4. The highest BCUT2D eigenvalue weighted by molar-refractivity contribution is 5.82. The molecule has 2 aliphatic carbocycles. The van der Waals surface area contributed by atoms with E-state index >= 15 is 0 Å². The molecule has 0 aromatic heterocycles.